The molecular weight excluding hydrogens is 383 g/mol. The zero-order chi connectivity index (χ0) is 20.1. The summed E-state index contributed by atoms with van der Waals surface area (Å²) in [5.74, 6) is 0.0408. The summed E-state index contributed by atoms with van der Waals surface area (Å²) in [6.07, 6.45) is 4.59. The van der Waals surface area contributed by atoms with Crippen molar-refractivity contribution in [3.8, 4) is 17.5 Å². The van der Waals surface area contributed by atoms with Crippen molar-refractivity contribution >= 4 is 6.09 Å². The van der Waals surface area contributed by atoms with Gasteiger partial charge in [0.15, 0.2) is 11.6 Å². The lowest BCUT2D eigenvalue weighted by Crippen LogP contribution is -2.42. The third kappa shape index (κ3) is 5.74. The molecular formula is C19H25FN4O5. The molecule has 1 amide bonds. The van der Waals surface area contributed by atoms with Gasteiger partial charge in [0.25, 0.3) is 0 Å². The van der Waals surface area contributed by atoms with Crippen LogP contribution >= 0.6 is 0 Å². The molecule has 9 nitrogen and oxygen atoms in total. The first-order valence-corrected chi connectivity index (χ1v) is 9.15. The number of rotatable bonds is 5. The predicted octanol–water partition coefficient (Wildman–Crippen LogP) is 2.67. The highest BCUT2D eigenvalue weighted by molar-refractivity contribution is 5.67. The van der Waals surface area contributed by atoms with Gasteiger partial charge in [0.1, 0.15) is 12.4 Å². The van der Waals surface area contributed by atoms with Gasteiger partial charge in [0, 0.05) is 38.2 Å². The van der Waals surface area contributed by atoms with Crippen molar-refractivity contribution in [2.24, 2.45) is 0 Å². The van der Waals surface area contributed by atoms with Crippen LogP contribution in [-0.2, 0) is 4.74 Å². The van der Waals surface area contributed by atoms with Gasteiger partial charge in [-0.1, -0.05) is 0 Å². The van der Waals surface area contributed by atoms with E-state index in [-0.39, 0.29) is 35.4 Å². The lowest BCUT2D eigenvalue weighted by Gasteiger charge is -2.31. The van der Waals surface area contributed by atoms with Gasteiger partial charge >= 0.3 is 6.09 Å². The molecule has 0 aliphatic carbocycles. The Morgan fingerprint density at radius 1 is 1.24 bits per heavy atom. The molecule has 1 aliphatic rings. The summed E-state index contributed by atoms with van der Waals surface area (Å²) in [7, 11) is 0. The van der Waals surface area contributed by atoms with Crippen LogP contribution in [0, 0.1) is 12.7 Å². The molecule has 0 saturated carbocycles. The van der Waals surface area contributed by atoms with Crippen LogP contribution in [0.25, 0.3) is 0 Å². The molecule has 1 aliphatic heterocycles. The first-order valence-electron chi connectivity index (χ1n) is 9.15. The van der Waals surface area contributed by atoms with Crippen molar-refractivity contribution in [2.75, 3.05) is 13.1 Å². The molecule has 1 saturated heterocycles. The molecule has 0 aromatic carbocycles. The second-order valence-electron chi connectivity index (χ2n) is 6.75. The number of pyridine rings is 1. The standard InChI is InChI=1S/C19H23FN4O4.H2O/c1-12(2)26-19(25)24-8-5-14(6-9-24)27-17-13(3)18(23-11-22-17)28-16-4-7-21-10-15(16)20;/h4,7,10-12,14H,5-6,8-9H2,1-3H3;1H2. The maximum Gasteiger partial charge on any atom is 0.410 e. The molecule has 29 heavy (non-hydrogen) atoms. The third-order valence-electron chi connectivity index (χ3n) is 4.25. The number of hydrogen-bond acceptors (Lipinski definition) is 7. The molecule has 3 heterocycles. The second-order valence-corrected chi connectivity index (χ2v) is 6.75. The van der Waals surface area contributed by atoms with Crippen molar-refractivity contribution < 1.29 is 28.9 Å². The summed E-state index contributed by atoms with van der Waals surface area (Å²) in [6, 6.07) is 1.42. The van der Waals surface area contributed by atoms with Gasteiger partial charge < -0.3 is 24.6 Å². The largest absolute Gasteiger partial charge is 0.474 e. The molecule has 1 fully saturated rings. The zero-order valence-corrected chi connectivity index (χ0v) is 16.6. The normalized spacial score (nSPS) is 14.3. The van der Waals surface area contributed by atoms with Crippen molar-refractivity contribution in [3.63, 3.8) is 0 Å². The molecule has 2 aromatic rings. The molecule has 0 radical (unpaired) electrons. The highest BCUT2D eigenvalue weighted by Crippen LogP contribution is 2.30. The van der Waals surface area contributed by atoms with Crippen LogP contribution in [0.15, 0.2) is 24.8 Å². The average Bonchev–Trinajstić information content (AvgIpc) is 2.66. The molecule has 0 spiro atoms. The Morgan fingerprint density at radius 2 is 1.93 bits per heavy atom. The molecule has 0 unspecified atom stereocenters. The van der Waals surface area contributed by atoms with E-state index in [1.54, 1.807) is 11.8 Å². The van der Waals surface area contributed by atoms with E-state index in [0.29, 0.717) is 37.4 Å². The number of piperidine rings is 1. The van der Waals surface area contributed by atoms with Crippen molar-refractivity contribution in [1.82, 2.24) is 19.9 Å². The summed E-state index contributed by atoms with van der Waals surface area (Å²) in [5, 5.41) is 0. The maximum absolute atomic E-state index is 13.8. The topological polar surface area (TPSA) is 118 Å². The molecule has 10 heteroatoms. The summed E-state index contributed by atoms with van der Waals surface area (Å²) in [5.41, 5.74) is 0.570. The van der Waals surface area contributed by atoms with E-state index >= 15 is 0 Å². The zero-order valence-electron chi connectivity index (χ0n) is 16.6. The van der Waals surface area contributed by atoms with Crippen LogP contribution in [0.5, 0.6) is 17.5 Å². The number of carbonyl (C=O) groups is 1. The maximum atomic E-state index is 13.8. The van der Waals surface area contributed by atoms with Crippen LogP contribution < -0.4 is 9.47 Å². The minimum absolute atomic E-state index is 0. The Kier molecular flexibility index (Phi) is 7.66. The van der Waals surface area contributed by atoms with Crippen molar-refractivity contribution in [2.45, 2.75) is 45.8 Å². The van der Waals surface area contributed by atoms with Crippen molar-refractivity contribution in [1.29, 1.82) is 0 Å². The fourth-order valence-electron chi connectivity index (χ4n) is 2.78. The van der Waals surface area contributed by atoms with Crippen molar-refractivity contribution in [3.05, 3.63) is 36.2 Å². The van der Waals surface area contributed by atoms with Gasteiger partial charge in [-0.2, -0.15) is 0 Å². The van der Waals surface area contributed by atoms with Crippen LogP contribution in [-0.4, -0.2) is 56.7 Å². The number of aromatic nitrogens is 3. The minimum Gasteiger partial charge on any atom is -0.474 e. The van der Waals surface area contributed by atoms with Gasteiger partial charge in [-0.3, -0.25) is 4.98 Å². The van der Waals surface area contributed by atoms with E-state index in [1.807, 2.05) is 13.8 Å². The van der Waals surface area contributed by atoms with Crippen LogP contribution in [0.1, 0.15) is 32.3 Å². The second kappa shape index (κ2) is 9.97. The summed E-state index contributed by atoms with van der Waals surface area (Å²) >= 11 is 0. The number of amides is 1. The summed E-state index contributed by atoms with van der Waals surface area (Å²) in [4.78, 5) is 25.6. The van der Waals surface area contributed by atoms with Crippen LogP contribution in [0.4, 0.5) is 9.18 Å². The minimum atomic E-state index is -0.580. The Balaban J connectivity index is 0.00000300. The number of halogens is 1. The molecule has 0 bridgehead atoms. The number of hydrogen-bond donors (Lipinski definition) is 0. The van der Waals surface area contributed by atoms with E-state index in [1.165, 1.54) is 18.6 Å². The van der Waals surface area contributed by atoms with E-state index in [4.69, 9.17) is 14.2 Å². The first-order chi connectivity index (χ1) is 13.4. The van der Waals surface area contributed by atoms with E-state index in [9.17, 15) is 9.18 Å². The SMILES string of the molecule is Cc1c(Oc2ccncc2F)ncnc1OC1CCN(C(=O)OC(C)C)CC1.O. The van der Waals surface area contributed by atoms with Gasteiger partial charge in [-0.15, -0.1) is 0 Å². The first kappa shape index (κ1) is 22.3. The average molecular weight is 408 g/mol. The Bertz CT molecular complexity index is 828. The monoisotopic (exact) mass is 408 g/mol. The smallest absolute Gasteiger partial charge is 0.410 e. The highest BCUT2D eigenvalue weighted by atomic mass is 19.1. The lowest BCUT2D eigenvalue weighted by molar-refractivity contribution is 0.0505. The van der Waals surface area contributed by atoms with Gasteiger partial charge in [0.2, 0.25) is 11.8 Å². The number of nitrogens with zero attached hydrogens (tertiary/aromatic N) is 4. The number of likely N-dealkylation sites (tertiary alicyclic amines) is 1. The Hall–Kier alpha value is -3.01. The fraction of sp³-hybridized carbons (Fsp3) is 0.474. The Morgan fingerprint density at radius 3 is 2.59 bits per heavy atom. The molecule has 158 valence electrons. The summed E-state index contributed by atoms with van der Waals surface area (Å²) in [6.45, 7) is 6.49. The van der Waals surface area contributed by atoms with Crippen LogP contribution in [0.3, 0.4) is 0 Å². The van der Waals surface area contributed by atoms with Gasteiger partial charge in [-0.25, -0.2) is 19.2 Å². The predicted molar refractivity (Wildman–Crippen MR) is 101 cm³/mol. The molecule has 3 rings (SSSR count). The summed E-state index contributed by atoms with van der Waals surface area (Å²) < 4.78 is 30.5. The van der Waals surface area contributed by atoms with Crippen LogP contribution in [0.2, 0.25) is 0 Å². The number of ether oxygens (including phenoxy) is 3. The van der Waals surface area contributed by atoms with E-state index < -0.39 is 5.82 Å². The van der Waals surface area contributed by atoms with Gasteiger partial charge in [-0.05, 0) is 20.8 Å². The molecule has 0 atom stereocenters. The lowest BCUT2D eigenvalue weighted by atomic mass is 10.1. The van der Waals surface area contributed by atoms with Gasteiger partial charge in [0.05, 0.1) is 17.9 Å². The molecule has 2 aromatic heterocycles. The fourth-order valence-corrected chi connectivity index (χ4v) is 2.78. The highest BCUT2D eigenvalue weighted by Gasteiger charge is 2.26. The van der Waals surface area contributed by atoms with E-state index in [2.05, 4.69) is 15.0 Å². The quantitative estimate of drug-likeness (QED) is 0.746. The third-order valence-corrected chi connectivity index (χ3v) is 4.25. The number of carbonyl (C=O) groups excluding carboxylic acids is 1. The van der Waals surface area contributed by atoms with E-state index in [0.717, 1.165) is 6.20 Å². The Labute approximate surface area is 168 Å². The molecule has 2 N–H and O–H groups in total.